The molecule has 0 spiro atoms. The van der Waals surface area contributed by atoms with E-state index in [1.54, 1.807) is 13.3 Å². The maximum absolute atomic E-state index is 6.11. The monoisotopic (exact) mass is 369 g/mol. The minimum absolute atomic E-state index is 0.210. The summed E-state index contributed by atoms with van der Waals surface area (Å²) in [7, 11) is 1.17. The van der Waals surface area contributed by atoms with Crippen molar-refractivity contribution >= 4 is 12.6 Å². The van der Waals surface area contributed by atoms with Crippen LogP contribution in [0, 0.1) is 0 Å². The van der Waals surface area contributed by atoms with E-state index in [2.05, 4.69) is 4.98 Å². The molecule has 1 unspecified atom stereocenters. The van der Waals surface area contributed by atoms with E-state index in [4.69, 9.17) is 23.5 Å². The lowest BCUT2D eigenvalue weighted by Gasteiger charge is -2.32. The molecule has 2 aliphatic heterocycles. The molecule has 7 heteroatoms. The summed E-state index contributed by atoms with van der Waals surface area (Å²) in [4.78, 5) is 4.23. The lowest BCUT2D eigenvalue weighted by molar-refractivity contribution is 0.00578. The molecular formula is C20H24BNO5. The maximum atomic E-state index is 6.11. The van der Waals surface area contributed by atoms with E-state index in [0.717, 1.165) is 11.0 Å². The molecule has 0 saturated carbocycles. The van der Waals surface area contributed by atoms with Gasteiger partial charge < -0.3 is 23.5 Å². The number of hydrogen-bond donors (Lipinski definition) is 0. The molecule has 27 heavy (non-hydrogen) atoms. The van der Waals surface area contributed by atoms with Crippen molar-refractivity contribution < 1.29 is 23.5 Å². The van der Waals surface area contributed by atoms with Crippen LogP contribution >= 0.6 is 0 Å². The fraction of sp³-hybridized carbons (Fsp3) is 0.450. The van der Waals surface area contributed by atoms with Crippen LogP contribution < -0.4 is 19.7 Å². The molecule has 2 aromatic rings. The second-order valence-corrected chi connectivity index (χ2v) is 7.85. The minimum Gasteiger partial charge on any atom is -0.485 e. The number of benzene rings is 1. The van der Waals surface area contributed by atoms with Gasteiger partial charge in [-0.15, -0.1) is 0 Å². The Hall–Kier alpha value is -2.25. The molecule has 6 nitrogen and oxygen atoms in total. The van der Waals surface area contributed by atoms with Gasteiger partial charge in [-0.25, -0.2) is 4.98 Å². The summed E-state index contributed by atoms with van der Waals surface area (Å²) in [5.74, 6) is 1.96. The van der Waals surface area contributed by atoms with Gasteiger partial charge in [0.05, 0.1) is 18.3 Å². The largest absolute Gasteiger partial charge is 0.494 e. The predicted molar refractivity (Wildman–Crippen MR) is 102 cm³/mol. The maximum Gasteiger partial charge on any atom is 0.494 e. The van der Waals surface area contributed by atoms with E-state index in [-0.39, 0.29) is 17.3 Å². The van der Waals surface area contributed by atoms with Gasteiger partial charge in [-0.05, 0) is 51.4 Å². The Morgan fingerprint density at radius 1 is 1.04 bits per heavy atom. The first-order valence-corrected chi connectivity index (χ1v) is 9.08. The highest BCUT2D eigenvalue weighted by atomic mass is 16.7. The Labute approximate surface area is 159 Å². The quantitative estimate of drug-likeness (QED) is 0.776. The van der Waals surface area contributed by atoms with Crippen LogP contribution in [0.1, 0.15) is 39.4 Å². The Morgan fingerprint density at radius 3 is 2.41 bits per heavy atom. The number of fused-ring (bicyclic) bond motifs is 1. The van der Waals surface area contributed by atoms with Crippen molar-refractivity contribution in [1.29, 1.82) is 0 Å². The zero-order valence-corrected chi connectivity index (χ0v) is 16.3. The van der Waals surface area contributed by atoms with Crippen molar-refractivity contribution in [1.82, 2.24) is 4.98 Å². The molecule has 0 N–H and O–H groups in total. The highest BCUT2D eigenvalue weighted by molar-refractivity contribution is 6.62. The Bertz CT molecular complexity index is 821. The summed E-state index contributed by atoms with van der Waals surface area (Å²) in [6.07, 6.45) is 1.54. The molecule has 0 amide bonds. The second-order valence-electron chi connectivity index (χ2n) is 7.85. The van der Waals surface area contributed by atoms with Crippen molar-refractivity contribution in [3.8, 4) is 17.4 Å². The van der Waals surface area contributed by atoms with E-state index in [9.17, 15) is 0 Å². The fourth-order valence-electron chi connectivity index (χ4n) is 3.08. The summed E-state index contributed by atoms with van der Waals surface area (Å²) in [5, 5.41) is 0. The summed E-state index contributed by atoms with van der Waals surface area (Å²) in [5.41, 5.74) is 1.10. The van der Waals surface area contributed by atoms with Gasteiger partial charge in [-0.2, -0.15) is 0 Å². The number of methoxy groups -OCH3 is 1. The number of hydrogen-bond acceptors (Lipinski definition) is 6. The summed E-state index contributed by atoms with van der Waals surface area (Å²) >= 11 is 0. The average molecular weight is 369 g/mol. The molecule has 4 rings (SSSR count). The van der Waals surface area contributed by atoms with Crippen LogP contribution in [0.4, 0.5) is 0 Å². The molecule has 1 saturated heterocycles. The zero-order chi connectivity index (χ0) is 19.2. The topological polar surface area (TPSA) is 59.0 Å². The van der Waals surface area contributed by atoms with Gasteiger partial charge in [-0.3, -0.25) is 0 Å². The van der Waals surface area contributed by atoms with Gasteiger partial charge in [0.25, 0.3) is 0 Å². The lowest BCUT2D eigenvalue weighted by atomic mass is 9.79. The van der Waals surface area contributed by atoms with Crippen LogP contribution in [0.3, 0.4) is 0 Å². The Kier molecular flexibility index (Phi) is 4.31. The third-order valence-corrected chi connectivity index (χ3v) is 5.49. The molecular weight excluding hydrogens is 345 g/mol. The van der Waals surface area contributed by atoms with E-state index < -0.39 is 7.12 Å². The summed E-state index contributed by atoms with van der Waals surface area (Å²) in [6, 6.07) is 9.54. The predicted octanol–water partition coefficient (Wildman–Crippen LogP) is 2.90. The highest BCUT2D eigenvalue weighted by Crippen LogP contribution is 2.39. The molecule has 3 heterocycles. The van der Waals surface area contributed by atoms with Crippen molar-refractivity contribution in [2.24, 2.45) is 0 Å². The van der Waals surface area contributed by atoms with Crippen molar-refractivity contribution in [2.75, 3.05) is 13.7 Å². The first kappa shape index (κ1) is 18.1. The van der Waals surface area contributed by atoms with Crippen LogP contribution in [-0.4, -0.2) is 37.0 Å². The SMILES string of the molecule is COc1ccc(C2COc3cc(B4OC(C)(C)C(C)(C)O4)ccc3O2)cn1. The zero-order valence-electron chi connectivity index (χ0n) is 16.3. The van der Waals surface area contributed by atoms with E-state index in [1.165, 1.54) is 0 Å². The number of ether oxygens (including phenoxy) is 3. The van der Waals surface area contributed by atoms with E-state index >= 15 is 0 Å². The van der Waals surface area contributed by atoms with Crippen LogP contribution in [0.15, 0.2) is 36.5 Å². The van der Waals surface area contributed by atoms with Crippen LogP contribution in [-0.2, 0) is 9.31 Å². The number of nitrogens with zero attached hydrogens (tertiary/aromatic N) is 1. The normalized spacial score (nSPS) is 22.6. The van der Waals surface area contributed by atoms with Gasteiger partial charge in [0.15, 0.2) is 17.6 Å². The molecule has 2 aliphatic rings. The number of aromatic nitrogens is 1. The van der Waals surface area contributed by atoms with Crippen LogP contribution in [0.25, 0.3) is 0 Å². The molecule has 0 aliphatic carbocycles. The molecule has 1 aromatic heterocycles. The average Bonchev–Trinajstić information content (AvgIpc) is 2.88. The molecule has 1 aromatic carbocycles. The van der Waals surface area contributed by atoms with Crippen LogP contribution in [0.5, 0.6) is 17.4 Å². The van der Waals surface area contributed by atoms with Gasteiger partial charge in [0, 0.05) is 17.8 Å². The molecule has 0 radical (unpaired) electrons. The molecule has 1 fully saturated rings. The Morgan fingerprint density at radius 2 is 1.78 bits per heavy atom. The van der Waals surface area contributed by atoms with Gasteiger partial charge in [-0.1, -0.05) is 6.07 Å². The first-order valence-electron chi connectivity index (χ1n) is 9.08. The van der Waals surface area contributed by atoms with E-state index in [0.29, 0.717) is 24.0 Å². The Balaban J connectivity index is 1.52. The van der Waals surface area contributed by atoms with Crippen molar-refractivity contribution in [2.45, 2.75) is 45.0 Å². The standard InChI is InChI=1S/C20H24BNO5/c1-19(2)20(3,4)27-21(26-19)14-7-8-15-16(10-14)24-12-17(25-15)13-6-9-18(23-5)22-11-13/h6-11,17H,12H2,1-5H3. The highest BCUT2D eigenvalue weighted by Gasteiger charge is 2.51. The lowest BCUT2D eigenvalue weighted by Crippen LogP contribution is -2.41. The number of rotatable bonds is 3. The first-order chi connectivity index (χ1) is 12.8. The molecule has 0 bridgehead atoms. The van der Waals surface area contributed by atoms with E-state index in [1.807, 2.05) is 58.0 Å². The van der Waals surface area contributed by atoms with Crippen molar-refractivity contribution in [3.63, 3.8) is 0 Å². The van der Waals surface area contributed by atoms with Gasteiger partial charge >= 0.3 is 7.12 Å². The minimum atomic E-state index is -0.424. The number of pyridine rings is 1. The fourth-order valence-corrected chi connectivity index (χ4v) is 3.08. The third-order valence-electron chi connectivity index (χ3n) is 5.49. The smallest absolute Gasteiger partial charge is 0.485 e. The van der Waals surface area contributed by atoms with Gasteiger partial charge in [0.2, 0.25) is 5.88 Å². The summed E-state index contributed by atoms with van der Waals surface area (Å²) < 4.78 is 29.4. The van der Waals surface area contributed by atoms with Crippen molar-refractivity contribution in [3.05, 3.63) is 42.1 Å². The second kappa shape index (κ2) is 6.42. The molecule has 142 valence electrons. The molecule has 1 atom stereocenters. The summed E-state index contributed by atoms with van der Waals surface area (Å²) in [6.45, 7) is 8.57. The van der Waals surface area contributed by atoms with Gasteiger partial charge in [0.1, 0.15) is 6.61 Å². The third kappa shape index (κ3) is 3.26. The van der Waals surface area contributed by atoms with Crippen LogP contribution in [0.2, 0.25) is 0 Å².